The van der Waals surface area contributed by atoms with Gasteiger partial charge in [0.1, 0.15) is 5.82 Å². The molecule has 26 heavy (non-hydrogen) atoms. The second-order valence-corrected chi connectivity index (χ2v) is 6.94. The summed E-state index contributed by atoms with van der Waals surface area (Å²) in [6.07, 6.45) is 1.98. The largest absolute Gasteiger partial charge is 0.342 e. The first-order valence-electron chi connectivity index (χ1n) is 8.54. The molecule has 0 saturated heterocycles. The number of hydrogen-bond donors (Lipinski definition) is 1. The van der Waals surface area contributed by atoms with Gasteiger partial charge in [0.05, 0.1) is 11.3 Å². The zero-order valence-corrected chi connectivity index (χ0v) is 15.8. The molecular formula is C20H23FN2O2S. The molecule has 0 aliphatic heterocycles. The maximum atomic E-state index is 12.9. The highest BCUT2D eigenvalue weighted by Crippen LogP contribution is 2.24. The first-order valence-corrected chi connectivity index (χ1v) is 9.52. The van der Waals surface area contributed by atoms with E-state index in [0.717, 1.165) is 17.7 Å². The first kappa shape index (κ1) is 20.0. The molecule has 138 valence electrons. The van der Waals surface area contributed by atoms with Crippen molar-refractivity contribution in [1.29, 1.82) is 0 Å². The number of unbranched alkanes of at least 4 members (excludes halogenated alkanes) is 1. The van der Waals surface area contributed by atoms with Crippen LogP contribution < -0.4 is 5.32 Å². The van der Waals surface area contributed by atoms with Gasteiger partial charge in [0.2, 0.25) is 5.91 Å². The Kier molecular flexibility index (Phi) is 7.66. The monoisotopic (exact) mass is 374 g/mol. The molecule has 0 aliphatic rings. The summed E-state index contributed by atoms with van der Waals surface area (Å²) in [6.45, 7) is 2.79. The van der Waals surface area contributed by atoms with Gasteiger partial charge in [-0.05, 0) is 42.8 Å². The van der Waals surface area contributed by atoms with Crippen molar-refractivity contribution >= 4 is 29.3 Å². The van der Waals surface area contributed by atoms with E-state index >= 15 is 0 Å². The fourth-order valence-corrected chi connectivity index (χ4v) is 3.19. The van der Waals surface area contributed by atoms with E-state index in [4.69, 9.17) is 0 Å². The van der Waals surface area contributed by atoms with Crippen LogP contribution in [0.5, 0.6) is 0 Å². The molecule has 0 fully saturated rings. The highest BCUT2D eigenvalue weighted by atomic mass is 32.2. The van der Waals surface area contributed by atoms with Crippen LogP contribution in [-0.4, -0.2) is 36.1 Å². The van der Waals surface area contributed by atoms with Gasteiger partial charge in [-0.3, -0.25) is 9.59 Å². The van der Waals surface area contributed by atoms with Crippen LogP contribution in [0, 0.1) is 5.82 Å². The van der Waals surface area contributed by atoms with E-state index in [0.29, 0.717) is 17.8 Å². The number of nitrogens with one attached hydrogen (secondary N) is 1. The zero-order chi connectivity index (χ0) is 18.9. The van der Waals surface area contributed by atoms with Crippen molar-refractivity contribution in [3.63, 3.8) is 0 Å². The molecule has 0 aromatic heterocycles. The first-order chi connectivity index (χ1) is 12.5. The minimum atomic E-state index is -0.350. The predicted octanol–water partition coefficient (Wildman–Crippen LogP) is 4.43. The highest BCUT2D eigenvalue weighted by molar-refractivity contribution is 8.00. The molecule has 0 radical (unpaired) electrons. The SMILES string of the molecule is CCCCN(C)C(=O)c1ccccc1SCC(=O)Nc1ccc(F)cc1. The fourth-order valence-electron chi connectivity index (χ4n) is 2.35. The van der Waals surface area contributed by atoms with Gasteiger partial charge in [-0.25, -0.2) is 4.39 Å². The standard InChI is InChI=1S/C20H23FN2O2S/c1-3-4-13-23(2)20(25)17-7-5-6-8-18(17)26-14-19(24)22-16-11-9-15(21)10-12-16/h5-12H,3-4,13-14H2,1-2H3,(H,22,24). The molecule has 0 aliphatic carbocycles. The smallest absolute Gasteiger partial charge is 0.254 e. The van der Waals surface area contributed by atoms with E-state index in [9.17, 15) is 14.0 Å². The Bertz CT molecular complexity index is 750. The molecule has 2 aromatic rings. The number of anilines is 1. The number of thioether (sulfide) groups is 1. The van der Waals surface area contributed by atoms with Crippen molar-refractivity contribution < 1.29 is 14.0 Å². The molecule has 0 unspecified atom stereocenters. The van der Waals surface area contributed by atoms with Gasteiger partial charge in [0.15, 0.2) is 0 Å². The van der Waals surface area contributed by atoms with Gasteiger partial charge in [0.25, 0.3) is 5.91 Å². The summed E-state index contributed by atoms with van der Waals surface area (Å²) >= 11 is 1.31. The Labute approximate surface area is 157 Å². The van der Waals surface area contributed by atoms with Crippen LogP contribution in [-0.2, 0) is 4.79 Å². The molecule has 2 amide bonds. The number of rotatable bonds is 8. The van der Waals surface area contributed by atoms with Gasteiger partial charge >= 0.3 is 0 Å². The van der Waals surface area contributed by atoms with Gasteiger partial charge < -0.3 is 10.2 Å². The number of hydrogen-bond acceptors (Lipinski definition) is 3. The number of amides is 2. The lowest BCUT2D eigenvalue weighted by Gasteiger charge is -2.18. The zero-order valence-electron chi connectivity index (χ0n) is 15.0. The lowest BCUT2D eigenvalue weighted by molar-refractivity contribution is -0.113. The number of carbonyl (C=O) groups excluding carboxylic acids is 2. The van der Waals surface area contributed by atoms with Gasteiger partial charge in [-0.1, -0.05) is 25.5 Å². The summed E-state index contributed by atoms with van der Waals surface area (Å²) < 4.78 is 12.9. The molecule has 0 bridgehead atoms. The molecule has 0 atom stereocenters. The highest BCUT2D eigenvalue weighted by Gasteiger charge is 2.16. The van der Waals surface area contributed by atoms with Gasteiger partial charge in [0, 0.05) is 24.2 Å². The Balaban J connectivity index is 1.97. The number of benzene rings is 2. The molecule has 6 heteroatoms. The molecule has 0 spiro atoms. The van der Waals surface area contributed by atoms with Crippen LogP contribution >= 0.6 is 11.8 Å². The lowest BCUT2D eigenvalue weighted by Crippen LogP contribution is -2.28. The van der Waals surface area contributed by atoms with Crippen LogP contribution in [0.4, 0.5) is 10.1 Å². The van der Waals surface area contributed by atoms with Crippen molar-refractivity contribution in [2.45, 2.75) is 24.7 Å². The third kappa shape index (κ3) is 5.88. The average molecular weight is 374 g/mol. The van der Waals surface area contributed by atoms with Crippen LogP contribution in [0.1, 0.15) is 30.1 Å². The third-order valence-corrected chi connectivity index (χ3v) is 4.87. The van der Waals surface area contributed by atoms with Crippen LogP contribution in [0.15, 0.2) is 53.4 Å². The predicted molar refractivity (Wildman–Crippen MR) is 104 cm³/mol. The molecule has 4 nitrogen and oxygen atoms in total. The minimum Gasteiger partial charge on any atom is -0.342 e. The van der Waals surface area contributed by atoms with E-state index < -0.39 is 0 Å². The Morgan fingerprint density at radius 3 is 2.50 bits per heavy atom. The Morgan fingerprint density at radius 1 is 1.12 bits per heavy atom. The second-order valence-electron chi connectivity index (χ2n) is 5.92. The average Bonchev–Trinajstić information content (AvgIpc) is 2.66. The molecule has 2 aromatic carbocycles. The minimum absolute atomic E-state index is 0.0412. The van der Waals surface area contributed by atoms with Crippen molar-refractivity contribution in [2.75, 3.05) is 24.7 Å². The van der Waals surface area contributed by atoms with Crippen molar-refractivity contribution in [2.24, 2.45) is 0 Å². The van der Waals surface area contributed by atoms with Crippen LogP contribution in [0.25, 0.3) is 0 Å². The summed E-state index contributed by atoms with van der Waals surface area (Å²) in [5.74, 6) is -0.430. The summed E-state index contributed by atoms with van der Waals surface area (Å²) in [5.41, 5.74) is 1.14. The Morgan fingerprint density at radius 2 is 1.81 bits per heavy atom. The third-order valence-electron chi connectivity index (χ3n) is 3.80. The normalized spacial score (nSPS) is 10.4. The number of nitrogens with zero attached hydrogens (tertiary/aromatic N) is 1. The molecule has 1 N–H and O–H groups in total. The van der Waals surface area contributed by atoms with Gasteiger partial charge in [-0.15, -0.1) is 11.8 Å². The maximum Gasteiger partial charge on any atom is 0.254 e. The van der Waals surface area contributed by atoms with Crippen molar-refractivity contribution in [3.05, 3.63) is 59.9 Å². The fraction of sp³-hybridized carbons (Fsp3) is 0.300. The van der Waals surface area contributed by atoms with Crippen LogP contribution in [0.2, 0.25) is 0 Å². The molecule has 0 heterocycles. The summed E-state index contributed by atoms with van der Waals surface area (Å²) in [7, 11) is 1.79. The number of halogens is 1. The van der Waals surface area contributed by atoms with E-state index in [1.54, 1.807) is 18.0 Å². The Hall–Kier alpha value is -2.34. The lowest BCUT2D eigenvalue weighted by atomic mass is 10.2. The molecular weight excluding hydrogens is 351 g/mol. The van der Waals surface area contributed by atoms with Crippen molar-refractivity contribution in [1.82, 2.24) is 4.90 Å². The maximum absolute atomic E-state index is 12.9. The van der Waals surface area contributed by atoms with E-state index in [1.165, 1.54) is 36.0 Å². The quantitative estimate of drug-likeness (QED) is 0.696. The summed E-state index contributed by atoms with van der Waals surface area (Å²) in [6, 6.07) is 12.9. The second kappa shape index (κ2) is 9.97. The van der Waals surface area contributed by atoms with E-state index in [1.807, 2.05) is 18.2 Å². The molecule has 0 saturated carbocycles. The summed E-state index contributed by atoms with van der Waals surface area (Å²) in [5, 5.41) is 2.72. The van der Waals surface area contributed by atoms with Gasteiger partial charge in [-0.2, -0.15) is 0 Å². The van der Waals surface area contributed by atoms with E-state index in [-0.39, 0.29) is 23.4 Å². The summed E-state index contributed by atoms with van der Waals surface area (Å²) in [4.78, 5) is 27.2. The van der Waals surface area contributed by atoms with E-state index in [2.05, 4.69) is 12.2 Å². The van der Waals surface area contributed by atoms with Crippen LogP contribution in [0.3, 0.4) is 0 Å². The number of carbonyl (C=O) groups is 2. The molecule has 2 rings (SSSR count). The topological polar surface area (TPSA) is 49.4 Å². The van der Waals surface area contributed by atoms with Crippen molar-refractivity contribution in [3.8, 4) is 0 Å².